The molecule has 1 aliphatic heterocycles. The Morgan fingerprint density at radius 2 is 1.87 bits per heavy atom. The van der Waals surface area contributed by atoms with Crippen LogP contribution in [0.3, 0.4) is 0 Å². The van der Waals surface area contributed by atoms with E-state index in [2.05, 4.69) is 10.5 Å². The van der Waals surface area contributed by atoms with Gasteiger partial charge in [0.05, 0.1) is 11.9 Å². The third-order valence-electron chi connectivity index (χ3n) is 3.83. The number of halogens is 1. The molecule has 0 aromatic heterocycles. The van der Waals surface area contributed by atoms with Crippen molar-refractivity contribution in [3.8, 4) is 0 Å². The van der Waals surface area contributed by atoms with Gasteiger partial charge in [-0.05, 0) is 42.7 Å². The molecule has 0 spiro atoms. The number of benzene rings is 2. The Labute approximate surface area is 134 Å². The lowest BCUT2D eigenvalue weighted by Crippen LogP contribution is -2.19. The van der Waals surface area contributed by atoms with Gasteiger partial charge in [-0.15, -0.1) is 0 Å². The maximum Gasteiger partial charge on any atom is 0.271 e. The number of rotatable bonds is 4. The molecule has 1 aliphatic rings. The molecule has 0 atom stereocenters. The van der Waals surface area contributed by atoms with Gasteiger partial charge < -0.3 is 4.90 Å². The van der Waals surface area contributed by atoms with Crippen LogP contribution in [0.25, 0.3) is 0 Å². The third kappa shape index (κ3) is 3.74. The Morgan fingerprint density at radius 3 is 2.57 bits per heavy atom. The number of carbonyl (C=O) groups excluding carboxylic acids is 1. The van der Waals surface area contributed by atoms with Crippen molar-refractivity contribution in [3.05, 3.63) is 65.5 Å². The van der Waals surface area contributed by atoms with Crippen molar-refractivity contribution >= 4 is 17.8 Å². The molecule has 1 saturated heterocycles. The van der Waals surface area contributed by atoms with Crippen molar-refractivity contribution in [3.63, 3.8) is 0 Å². The molecule has 0 aliphatic carbocycles. The summed E-state index contributed by atoms with van der Waals surface area (Å²) in [4.78, 5) is 13.9. The van der Waals surface area contributed by atoms with Crippen LogP contribution in [-0.2, 0) is 0 Å². The van der Waals surface area contributed by atoms with Crippen molar-refractivity contribution < 1.29 is 9.18 Å². The molecule has 0 saturated carbocycles. The minimum atomic E-state index is -0.295. The normalized spacial score (nSPS) is 14.4. The van der Waals surface area contributed by atoms with Crippen molar-refractivity contribution in [2.24, 2.45) is 5.10 Å². The van der Waals surface area contributed by atoms with E-state index in [0.717, 1.165) is 25.9 Å². The van der Waals surface area contributed by atoms with Crippen molar-refractivity contribution in [1.29, 1.82) is 0 Å². The maximum atomic E-state index is 14.2. The molecule has 3 rings (SSSR count). The van der Waals surface area contributed by atoms with Gasteiger partial charge in [-0.1, -0.05) is 24.3 Å². The second-order valence-corrected chi connectivity index (χ2v) is 5.47. The summed E-state index contributed by atoms with van der Waals surface area (Å²) in [6.07, 6.45) is 3.65. The summed E-state index contributed by atoms with van der Waals surface area (Å²) in [7, 11) is 0. The fourth-order valence-electron chi connectivity index (χ4n) is 2.64. The first-order valence-corrected chi connectivity index (χ1v) is 7.67. The zero-order chi connectivity index (χ0) is 16.1. The fourth-order valence-corrected chi connectivity index (χ4v) is 2.64. The molecule has 1 N–H and O–H groups in total. The number of carbonyl (C=O) groups is 1. The van der Waals surface area contributed by atoms with Gasteiger partial charge in [0.2, 0.25) is 0 Å². The van der Waals surface area contributed by atoms with Crippen LogP contribution < -0.4 is 10.3 Å². The van der Waals surface area contributed by atoms with Crippen molar-refractivity contribution in [2.45, 2.75) is 12.8 Å². The molecule has 0 bridgehead atoms. The van der Waals surface area contributed by atoms with Crippen LogP contribution in [-0.4, -0.2) is 25.2 Å². The molecule has 0 unspecified atom stereocenters. The summed E-state index contributed by atoms with van der Waals surface area (Å²) in [5.74, 6) is -0.554. The number of hydrazone groups is 1. The molecule has 118 valence electrons. The Hall–Kier alpha value is -2.69. The van der Waals surface area contributed by atoms with Crippen LogP contribution >= 0.6 is 0 Å². The van der Waals surface area contributed by atoms with E-state index in [0.29, 0.717) is 16.8 Å². The van der Waals surface area contributed by atoms with E-state index < -0.39 is 0 Å². The number of amides is 1. The van der Waals surface area contributed by atoms with E-state index in [9.17, 15) is 9.18 Å². The number of hydrogen-bond donors (Lipinski definition) is 1. The molecular formula is C18H18FN3O. The summed E-state index contributed by atoms with van der Waals surface area (Å²) >= 11 is 0. The predicted octanol–water partition coefficient (Wildman–Crippen LogP) is 3.19. The summed E-state index contributed by atoms with van der Waals surface area (Å²) < 4.78 is 14.2. The predicted molar refractivity (Wildman–Crippen MR) is 89.3 cm³/mol. The van der Waals surface area contributed by atoms with Gasteiger partial charge in [-0.2, -0.15) is 5.10 Å². The molecular weight excluding hydrogens is 293 g/mol. The van der Waals surface area contributed by atoms with Gasteiger partial charge in [-0.3, -0.25) is 4.79 Å². The first-order chi connectivity index (χ1) is 11.2. The fraction of sp³-hybridized carbons (Fsp3) is 0.222. The SMILES string of the molecule is O=C(N/N=C\c1ccc(N2CCCC2)c(F)c1)c1ccccc1. The second-order valence-electron chi connectivity index (χ2n) is 5.47. The molecule has 2 aromatic carbocycles. The highest BCUT2D eigenvalue weighted by Crippen LogP contribution is 2.23. The zero-order valence-corrected chi connectivity index (χ0v) is 12.7. The van der Waals surface area contributed by atoms with Gasteiger partial charge in [0.15, 0.2) is 0 Å². The smallest absolute Gasteiger partial charge is 0.271 e. The topological polar surface area (TPSA) is 44.7 Å². The Balaban J connectivity index is 1.63. The Morgan fingerprint density at radius 1 is 1.13 bits per heavy atom. The molecule has 1 heterocycles. The van der Waals surface area contributed by atoms with Crippen LogP contribution in [0, 0.1) is 5.82 Å². The summed E-state index contributed by atoms with van der Waals surface area (Å²) in [6.45, 7) is 1.80. The minimum Gasteiger partial charge on any atom is -0.369 e. The zero-order valence-electron chi connectivity index (χ0n) is 12.7. The van der Waals surface area contributed by atoms with E-state index in [1.807, 2.05) is 11.0 Å². The lowest BCUT2D eigenvalue weighted by atomic mass is 10.2. The highest BCUT2D eigenvalue weighted by molar-refractivity contribution is 5.94. The first kappa shape index (κ1) is 15.2. The van der Waals surface area contributed by atoms with E-state index in [4.69, 9.17) is 0 Å². The summed E-state index contributed by atoms with van der Waals surface area (Å²) in [5.41, 5.74) is 4.20. The minimum absolute atomic E-state index is 0.259. The maximum absolute atomic E-state index is 14.2. The number of anilines is 1. The summed E-state index contributed by atoms with van der Waals surface area (Å²) in [6, 6.07) is 13.8. The van der Waals surface area contributed by atoms with Crippen LogP contribution in [0.4, 0.5) is 10.1 Å². The van der Waals surface area contributed by atoms with E-state index in [1.165, 1.54) is 12.3 Å². The number of hydrogen-bond acceptors (Lipinski definition) is 3. The average molecular weight is 311 g/mol. The molecule has 0 radical (unpaired) electrons. The quantitative estimate of drug-likeness (QED) is 0.696. The lowest BCUT2D eigenvalue weighted by Gasteiger charge is -2.18. The second kappa shape index (κ2) is 7.05. The van der Waals surface area contributed by atoms with Crippen molar-refractivity contribution in [1.82, 2.24) is 5.43 Å². The molecule has 2 aromatic rings. The van der Waals surface area contributed by atoms with Gasteiger partial charge in [-0.25, -0.2) is 9.82 Å². The van der Waals surface area contributed by atoms with Crippen LogP contribution in [0.2, 0.25) is 0 Å². The average Bonchev–Trinajstić information content (AvgIpc) is 3.10. The highest BCUT2D eigenvalue weighted by atomic mass is 19.1. The van der Waals surface area contributed by atoms with E-state index >= 15 is 0 Å². The Bertz CT molecular complexity index is 709. The van der Waals surface area contributed by atoms with Gasteiger partial charge in [0.1, 0.15) is 5.82 Å². The van der Waals surface area contributed by atoms with Gasteiger partial charge >= 0.3 is 0 Å². The molecule has 1 fully saturated rings. The third-order valence-corrected chi connectivity index (χ3v) is 3.83. The van der Waals surface area contributed by atoms with E-state index in [1.54, 1.807) is 36.4 Å². The molecule has 4 nitrogen and oxygen atoms in total. The van der Waals surface area contributed by atoms with Crippen LogP contribution in [0.15, 0.2) is 53.6 Å². The summed E-state index contributed by atoms with van der Waals surface area (Å²) in [5, 5.41) is 3.88. The van der Waals surface area contributed by atoms with Crippen LogP contribution in [0.5, 0.6) is 0 Å². The van der Waals surface area contributed by atoms with Crippen molar-refractivity contribution in [2.75, 3.05) is 18.0 Å². The number of nitrogens with one attached hydrogen (secondary N) is 1. The largest absolute Gasteiger partial charge is 0.369 e. The standard InChI is InChI=1S/C18H18FN3O/c19-16-12-14(8-9-17(16)22-10-4-5-11-22)13-20-21-18(23)15-6-2-1-3-7-15/h1-3,6-9,12-13H,4-5,10-11H2,(H,21,23)/b20-13-. The Kier molecular flexibility index (Phi) is 4.66. The molecule has 1 amide bonds. The van der Waals surface area contributed by atoms with Gasteiger partial charge in [0.25, 0.3) is 5.91 Å². The highest BCUT2D eigenvalue weighted by Gasteiger charge is 2.15. The molecule has 23 heavy (non-hydrogen) atoms. The van der Waals surface area contributed by atoms with E-state index in [-0.39, 0.29) is 11.7 Å². The van der Waals surface area contributed by atoms with Gasteiger partial charge in [0, 0.05) is 18.7 Å². The molecule has 5 heteroatoms. The monoisotopic (exact) mass is 311 g/mol. The number of nitrogens with zero attached hydrogens (tertiary/aromatic N) is 2. The first-order valence-electron chi connectivity index (χ1n) is 7.67. The van der Waals surface area contributed by atoms with Crippen LogP contribution in [0.1, 0.15) is 28.8 Å². The lowest BCUT2D eigenvalue weighted by molar-refractivity contribution is 0.0955.